The maximum atomic E-state index is 5.68. The van der Waals surface area contributed by atoms with Gasteiger partial charge in [0.2, 0.25) is 0 Å². The molecular weight excluding hydrogens is 326 g/mol. The number of para-hydroxylation sites is 1. The first kappa shape index (κ1) is 16.2. The van der Waals surface area contributed by atoms with Gasteiger partial charge in [-0.05, 0) is 61.8 Å². The number of H-pyrrole nitrogens is 1. The third kappa shape index (κ3) is 3.14. The zero-order valence-corrected chi connectivity index (χ0v) is 15.5. The van der Waals surface area contributed by atoms with Gasteiger partial charge in [0, 0.05) is 41.8 Å². The summed E-state index contributed by atoms with van der Waals surface area (Å²) in [6.45, 7) is 6.15. The second-order valence-electron chi connectivity index (χ2n) is 6.86. The van der Waals surface area contributed by atoms with Crippen LogP contribution in [-0.2, 0) is 12.8 Å². The van der Waals surface area contributed by atoms with Crippen molar-refractivity contribution in [1.29, 1.82) is 0 Å². The topological polar surface area (TPSA) is 31.1 Å². The largest absolute Gasteiger partial charge is 0.358 e. The minimum Gasteiger partial charge on any atom is -0.358 e. The molecule has 0 unspecified atom stereocenters. The van der Waals surface area contributed by atoms with E-state index in [2.05, 4.69) is 65.4 Å². The normalized spacial score (nSPS) is 14.2. The summed E-state index contributed by atoms with van der Waals surface area (Å²) in [5, 5.41) is 5.61. The summed E-state index contributed by atoms with van der Waals surface area (Å²) < 4.78 is 0. The molecular formula is C21H23N3S. The second kappa shape index (κ2) is 6.52. The van der Waals surface area contributed by atoms with Gasteiger partial charge < -0.3 is 15.2 Å². The Bertz CT molecular complexity index is 941. The van der Waals surface area contributed by atoms with E-state index in [4.69, 9.17) is 12.2 Å². The lowest BCUT2D eigenvalue weighted by Gasteiger charge is -2.24. The van der Waals surface area contributed by atoms with Gasteiger partial charge in [-0.25, -0.2) is 0 Å². The van der Waals surface area contributed by atoms with Crippen molar-refractivity contribution in [1.82, 2.24) is 9.88 Å². The van der Waals surface area contributed by atoms with Gasteiger partial charge in [-0.3, -0.25) is 0 Å². The first-order chi connectivity index (χ1) is 12.1. The fourth-order valence-corrected chi connectivity index (χ4v) is 3.92. The highest BCUT2D eigenvalue weighted by atomic mass is 32.1. The summed E-state index contributed by atoms with van der Waals surface area (Å²) in [7, 11) is 0. The van der Waals surface area contributed by atoms with Crippen molar-refractivity contribution in [2.75, 3.05) is 18.4 Å². The molecule has 0 spiro atoms. The predicted octanol–water partition coefficient (Wildman–Crippen LogP) is 4.58. The molecule has 0 radical (unpaired) electrons. The summed E-state index contributed by atoms with van der Waals surface area (Å²) in [5.74, 6) is 0. The number of anilines is 1. The van der Waals surface area contributed by atoms with E-state index < -0.39 is 0 Å². The summed E-state index contributed by atoms with van der Waals surface area (Å²) >= 11 is 5.68. The molecule has 128 valence electrons. The van der Waals surface area contributed by atoms with Gasteiger partial charge in [0.15, 0.2) is 5.11 Å². The Morgan fingerprint density at radius 2 is 1.88 bits per heavy atom. The van der Waals surface area contributed by atoms with Crippen LogP contribution in [0.5, 0.6) is 0 Å². The van der Waals surface area contributed by atoms with Crippen LogP contribution in [0.3, 0.4) is 0 Å². The van der Waals surface area contributed by atoms with Gasteiger partial charge in [0.25, 0.3) is 0 Å². The van der Waals surface area contributed by atoms with Crippen molar-refractivity contribution in [3.8, 4) is 0 Å². The monoisotopic (exact) mass is 349 g/mol. The van der Waals surface area contributed by atoms with Crippen LogP contribution in [0, 0.1) is 13.8 Å². The highest BCUT2D eigenvalue weighted by Crippen LogP contribution is 2.27. The van der Waals surface area contributed by atoms with E-state index >= 15 is 0 Å². The standard InChI is InChI=1S/C21H23N3S/c1-14-7-8-19-17(13-14)16-9-11-24(12-10-20(16)22-19)21(25)23-18-6-4-3-5-15(18)2/h3-8,13,22H,9-12H2,1-2H3,(H,23,25). The Balaban J connectivity index is 1.53. The molecule has 1 aromatic heterocycles. The van der Waals surface area contributed by atoms with Gasteiger partial charge in [0.05, 0.1) is 0 Å². The van der Waals surface area contributed by atoms with Crippen molar-refractivity contribution < 1.29 is 0 Å². The molecule has 2 heterocycles. The number of hydrogen-bond acceptors (Lipinski definition) is 1. The van der Waals surface area contributed by atoms with Gasteiger partial charge >= 0.3 is 0 Å². The third-order valence-corrected chi connectivity index (χ3v) is 5.45. The third-order valence-electron chi connectivity index (χ3n) is 5.09. The summed E-state index contributed by atoms with van der Waals surface area (Å²) in [6, 6.07) is 14.9. The smallest absolute Gasteiger partial charge is 0.173 e. The van der Waals surface area contributed by atoms with Crippen LogP contribution in [0.4, 0.5) is 5.69 Å². The molecule has 1 aliphatic rings. The van der Waals surface area contributed by atoms with E-state index in [9.17, 15) is 0 Å². The van der Waals surface area contributed by atoms with Crippen LogP contribution in [0.2, 0.25) is 0 Å². The summed E-state index contributed by atoms with van der Waals surface area (Å²) in [5.41, 5.74) is 7.70. The first-order valence-corrected chi connectivity index (χ1v) is 9.24. The van der Waals surface area contributed by atoms with E-state index in [0.717, 1.165) is 36.7 Å². The highest BCUT2D eigenvalue weighted by Gasteiger charge is 2.20. The van der Waals surface area contributed by atoms with Crippen molar-refractivity contribution in [2.24, 2.45) is 0 Å². The maximum Gasteiger partial charge on any atom is 0.173 e. The molecule has 2 N–H and O–H groups in total. The number of fused-ring (bicyclic) bond motifs is 3. The average molecular weight is 350 g/mol. The molecule has 0 saturated heterocycles. The molecule has 2 aromatic carbocycles. The SMILES string of the molecule is Cc1ccc2[nH]c3c(c2c1)CCN(C(=S)Nc1ccccc1C)CC3. The van der Waals surface area contributed by atoms with Gasteiger partial charge in [-0.15, -0.1) is 0 Å². The van der Waals surface area contributed by atoms with Crippen molar-refractivity contribution in [3.63, 3.8) is 0 Å². The Labute approximate surface area is 154 Å². The number of rotatable bonds is 1. The van der Waals surface area contributed by atoms with E-state index in [1.807, 2.05) is 6.07 Å². The van der Waals surface area contributed by atoms with Crippen LogP contribution in [0.15, 0.2) is 42.5 Å². The molecule has 0 amide bonds. The molecule has 3 nitrogen and oxygen atoms in total. The van der Waals surface area contributed by atoms with E-state index in [0.29, 0.717) is 0 Å². The van der Waals surface area contributed by atoms with Gasteiger partial charge in [-0.2, -0.15) is 0 Å². The number of nitrogens with one attached hydrogen (secondary N) is 2. The molecule has 3 aromatic rings. The first-order valence-electron chi connectivity index (χ1n) is 8.83. The Kier molecular flexibility index (Phi) is 4.22. The number of hydrogen-bond donors (Lipinski definition) is 2. The Morgan fingerprint density at radius 1 is 1.08 bits per heavy atom. The molecule has 1 aliphatic heterocycles. The quantitative estimate of drug-likeness (QED) is 0.631. The molecule has 0 bridgehead atoms. The molecule has 25 heavy (non-hydrogen) atoms. The van der Waals surface area contributed by atoms with E-state index in [1.165, 1.54) is 33.3 Å². The number of aromatic nitrogens is 1. The minimum absolute atomic E-state index is 0.819. The lowest BCUT2D eigenvalue weighted by atomic mass is 10.1. The number of nitrogens with zero attached hydrogens (tertiary/aromatic N) is 1. The minimum atomic E-state index is 0.819. The Morgan fingerprint density at radius 3 is 2.72 bits per heavy atom. The van der Waals surface area contributed by atoms with E-state index in [1.54, 1.807) is 0 Å². The maximum absolute atomic E-state index is 5.68. The number of aromatic amines is 1. The number of thiocarbonyl (C=S) groups is 1. The zero-order valence-electron chi connectivity index (χ0n) is 14.7. The van der Waals surface area contributed by atoms with Crippen molar-refractivity contribution in [3.05, 3.63) is 64.8 Å². The second-order valence-corrected chi connectivity index (χ2v) is 7.25. The fourth-order valence-electron chi connectivity index (χ4n) is 3.63. The van der Waals surface area contributed by atoms with Crippen LogP contribution >= 0.6 is 12.2 Å². The Hall–Kier alpha value is -2.33. The average Bonchev–Trinajstić information content (AvgIpc) is 2.80. The van der Waals surface area contributed by atoms with Crippen LogP contribution in [0.1, 0.15) is 22.4 Å². The van der Waals surface area contributed by atoms with Crippen molar-refractivity contribution in [2.45, 2.75) is 26.7 Å². The van der Waals surface area contributed by atoms with Gasteiger partial charge in [0.1, 0.15) is 0 Å². The zero-order chi connectivity index (χ0) is 17.4. The summed E-state index contributed by atoms with van der Waals surface area (Å²) in [6.07, 6.45) is 2.02. The molecule has 0 saturated carbocycles. The predicted molar refractivity (Wildman–Crippen MR) is 109 cm³/mol. The lowest BCUT2D eigenvalue weighted by Crippen LogP contribution is -2.36. The number of aryl methyl sites for hydroxylation is 2. The molecule has 0 aliphatic carbocycles. The van der Waals surface area contributed by atoms with E-state index in [-0.39, 0.29) is 0 Å². The van der Waals surface area contributed by atoms with Gasteiger partial charge in [-0.1, -0.05) is 29.8 Å². The number of benzene rings is 2. The van der Waals surface area contributed by atoms with Crippen LogP contribution in [0.25, 0.3) is 10.9 Å². The molecule has 0 atom stereocenters. The lowest BCUT2D eigenvalue weighted by molar-refractivity contribution is 0.445. The van der Waals surface area contributed by atoms with Crippen LogP contribution in [-0.4, -0.2) is 28.1 Å². The summed E-state index contributed by atoms with van der Waals surface area (Å²) in [4.78, 5) is 5.90. The molecule has 0 fully saturated rings. The van der Waals surface area contributed by atoms with Crippen molar-refractivity contribution >= 4 is 33.9 Å². The molecule has 4 heteroatoms. The fraction of sp³-hybridized carbons (Fsp3) is 0.286. The van der Waals surface area contributed by atoms with Crippen LogP contribution < -0.4 is 5.32 Å². The highest BCUT2D eigenvalue weighted by molar-refractivity contribution is 7.80. The molecule has 4 rings (SSSR count).